The molecule has 0 unspecified atom stereocenters. The van der Waals surface area contributed by atoms with Crippen LogP contribution in [0.25, 0.3) is 16.3 Å². The Hall–Kier alpha value is -2.36. The largest absolute Gasteiger partial charge is 0.365 e. The average Bonchev–Trinajstić information content (AvgIpc) is 3.23. The van der Waals surface area contributed by atoms with Gasteiger partial charge in [0, 0.05) is 29.9 Å². The molecule has 1 aliphatic heterocycles. The molecule has 1 fully saturated rings. The van der Waals surface area contributed by atoms with Crippen molar-refractivity contribution >= 4 is 51.3 Å². The SMILES string of the molecule is N#CCC(=O)N1CC=C(c2nnc(NC3CCCC3)c3cc(Cl)c(Cl)cc23)CC1. The van der Waals surface area contributed by atoms with Gasteiger partial charge in [-0.25, -0.2) is 0 Å². The summed E-state index contributed by atoms with van der Waals surface area (Å²) in [6.07, 6.45) is 7.24. The monoisotopic (exact) mass is 429 g/mol. The van der Waals surface area contributed by atoms with Gasteiger partial charge in [-0.2, -0.15) is 5.26 Å². The maximum absolute atomic E-state index is 12.0. The molecular weight excluding hydrogens is 409 g/mol. The minimum absolute atomic E-state index is 0.0957. The number of benzene rings is 1. The number of nitriles is 1. The summed E-state index contributed by atoms with van der Waals surface area (Å²) in [7, 11) is 0. The first-order chi connectivity index (χ1) is 14.1. The average molecular weight is 430 g/mol. The van der Waals surface area contributed by atoms with Crippen LogP contribution in [0.2, 0.25) is 10.0 Å². The number of carbonyl (C=O) groups is 1. The zero-order chi connectivity index (χ0) is 20.4. The first-order valence-corrected chi connectivity index (χ1v) is 10.6. The molecule has 1 N–H and O–H groups in total. The fourth-order valence-corrected chi connectivity index (χ4v) is 4.37. The fourth-order valence-electron chi connectivity index (χ4n) is 4.04. The van der Waals surface area contributed by atoms with Crippen LogP contribution in [0.15, 0.2) is 18.2 Å². The van der Waals surface area contributed by atoms with E-state index >= 15 is 0 Å². The molecule has 0 radical (unpaired) electrons. The highest BCUT2D eigenvalue weighted by Gasteiger charge is 2.22. The van der Waals surface area contributed by atoms with Gasteiger partial charge in [0.2, 0.25) is 5.91 Å². The minimum Gasteiger partial charge on any atom is -0.365 e. The van der Waals surface area contributed by atoms with Gasteiger partial charge in [0.25, 0.3) is 0 Å². The zero-order valence-corrected chi connectivity index (χ0v) is 17.4. The second-order valence-corrected chi connectivity index (χ2v) is 8.30. The smallest absolute Gasteiger partial charge is 0.237 e. The predicted molar refractivity (Wildman–Crippen MR) is 115 cm³/mol. The molecule has 150 valence electrons. The summed E-state index contributed by atoms with van der Waals surface area (Å²) in [5, 5.41) is 24.0. The molecule has 8 heteroatoms. The van der Waals surface area contributed by atoms with E-state index in [-0.39, 0.29) is 12.3 Å². The second-order valence-electron chi connectivity index (χ2n) is 7.49. The molecule has 0 spiro atoms. The minimum atomic E-state index is -0.148. The van der Waals surface area contributed by atoms with E-state index in [1.165, 1.54) is 12.8 Å². The van der Waals surface area contributed by atoms with E-state index in [2.05, 4.69) is 15.5 Å². The highest BCUT2D eigenvalue weighted by molar-refractivity contribution is 6.43. The molecule has 0 atom stereocenters. The zero-order valence-electron chi connectivity index (χ0n) is 15.9. The van der Waals surface area contributed by atoms with Gasteiger partial charge in [0.1, 0.15) is 6.42 Å². The normalized spacial score (nSPS) is 17.3. The van der Waals surface area contributed by atoms with Gasteiger partial charge in [-0.1, -0.05) is 42.1 Å². The Morgan fingerprint density at radius 3 is 2.59 bits per heavy atom. The molecule has 6 nitrogen and oxygen atoms in total. The van der Waals surface area contributed by atoms with Crippen LogP contribution in [0.1, 0.15) is 44.2 Å². The van der Waals surface area contributed by atoms with Crippen molar-refractivity contribution in [1.82, 2.24) is 15.1 Å². The van der Waals surface area contributed by atoms with Crippen molar-refractivity contribution in [2.45, 2.75) is 44.6 Å². The third kappa shape index (κ3) is 4.17. The van der Waals surface area contributed by atoms with Gasteiger partial charge in [0.05, 0.1) is 21.8 Å². The number of fused-ring (bicyclic) bond motifs is 1. The Morgan fingerprint density at radius 2 is 1.93 bits per heavy atom. The lowest BCUT2D eigenvalue weighted by Gasteiger charge is -2.26. The van der Waals surface area contributed by atoms with Crippen molar-refractivity contribution in [3.05, 3.63) is 33.9 Å². The number of aromatic nitrogens is 2. The summed E-state index contributed by atoms with van der Waals surface area (Å²) >= 11 is 12.6. The molecule has 2 heterocycles. The van der Waals surface area contributed by atoms with Gasteiger partial charge in [0.15, 0.2) is 5.82 Å². The molecule has 4 rings (SSSR count). The number of rotatable bonds is 4. The maximum atomic E-state index is 12.0. The van der Waals surface area contributed by atoms with Crippen molar-refractivity contribution in [1.29, 1.82) is 5.26 Å². The van der Waals surface area contributed by atoms with Crippen molar-refractivity contribution < 1.29 is 4.79 Å². The number of nitrogens with zero attached hydrogens (tertiary/aromatic N) is 4. The standard InChI is InChI=1S/C21H21Cl2N5O/c22-17-11-15-16(12-18(17)23)21(25-14-3-1-2-4-14)27-26-20(15)13-6-9-28(10-7-13)19(29)5-8-24/h6,11-12,14H,1-5,7,9-10H2,(H,25,27). The van der Waals surface area contributed by atoms with E-state index in [4.69, 9.17) is 28.5 Å². The number of carbonyl (C=O) groups excluding carboxylic acids is 1. The van der Waals surface area contributed by atoms with Crippen LogP contribution in [0, 0.1) is 11.3 Å². The first kappa shape index (κ1) is 19.9. The van der Waals surface area contributed by atoms with Crippen LogP contribution in [-0.2, 0) is 4.79 Å². The van der Waals surface area contributed by atoms with Crippen LogP contribution in [0.3, 0.4) is 0 Å². The van der Waals surface area contributed by atoms with Crippen LogP contribution in [-0.4, -0.2) is 40.1 Å². The summed E-state index contributed by atoms with van der Waals surface area (Å²) in [6.45, 7) is 1.02. The van der Waals surface area contributed by atoms with E-state index < -0.39 is 0 Å². The lowest BCUT2D eigenvalue weighted by molar-refractivity contribution is -0.129. The number of amides is 1. The second kappa shape index (κ2) is 8.56. The number of nitrogens with one attached hydrogen (secondary N) is 1. The van der Waals surface area contributed by atoms with E-state index in [1.54, 1.807) is 4.90 Å². The number of hydrogen-bond acceptors (Lipinski definition) is 5. The van der Waals surface area contributed by atoms with Gasteiger partial charge in [-0.05, 0) is 37.0 Å². The molecule has 2 aliphatic rings. The van der Waals surface area contributed by atoms with E-state index in [9.17, 15) is 4.79 Å². The van der Waals surface area contributed by atoms with Gasteiger partial charge in [-0.15, -0.1) is 10.2 Å². The molecule has 1 aliphatic carbocycles. The maximum Gasteiger partial charge on any atom is 0.237 e. The summed E-state index contributed by atoms with van der Waals surface area (Å²) in [5.41, 5.74) is 1.79. The molecule has 0 bridgehead atoms. The first-order valence-electron chi connectivity index (χ1n) is 9.83. The van der Waals surface area contributed by atoms with Gasteiger partial charge >= 0.3 is 0 Å². The summed E-state index contributed by atoms with van der Waals surface area (Å²) in [4.78, 5) is 13.6. The number of halogens is 2. The van der Waals surface area contributed by atoms with Crippen molar-refractivity contribution in [3.63, 3.8) is 0 Å². The van der Waals surface area contributed by atoms with Gasteiger partial charge < -0.3 is 10.2 Å². The van der Waals surface area contributed by atoms with E-state index in [1.807, 2.05) is 24.3 Å². The Bertz CT molecular complexity index is 1020. The lowest BCUT2D eigenvalue weighted by atomic mass is 9.99. The summed E-state index contributed by atoms with van der Waals surface area (Å²) in [6, 6.07) is 6.01. The van der Waals surface area contributed by atoms with Crippen molar-refractivity contribution in [2.24, 2.45) is 0 Å². The Labute approximate surface area is 179 Å². The Morgan fingerprint density at radius 1 is 1.21 bits per heavy atom. The summed E-state index contributed by atoms with van der Waals surface area (Å²) in [5.74, 6) is 0.584. The highest BCUT2D eigenvalue weighted by Crippen LogP contribution is 2.36. The fraction of sp³-hybridized carbons (Fsp3) is 0.429. The van der Waals surface area contributed by atoms with Crippen molar-refractivity contribution in [2.75, 3.05) is 18.4 Å². The van der Waals surface area contributed by atoms with E-state index in [0.717, 1.165) is 40.7 Å². The van der Waals surface area contributed by atoms with E-state index in [0.29, 0.717) is 35.6 Å². The molecule has 29 heavy (non-hydrogen) atoms. The molecule has 2 aromatic rings. The molecule has 0 saturated heterocycles. The molecule has 1 aromatic heterocycles. The topological polar surface area (TPSA) is 81.9 Å². The predicted octanol–water partition coefficient (Wildman–Crippen LogP) is 4.82. The quantitative estimate of drug-likeness (QED) is 0.752. The van der Waals surface area contributed by atoms with Crippen LogP contribution >= 0.6 is 23.2 Å². The third-order valence-electron chi connectivity index (χ3n) is 5.61. The van der Waals surface area contributed by atoms with Crippen molar-refractivity contribution in [3.8, 4) is 6.07 Å². The lowest BCUT2D eigenvalue weighted by Crippen LogP contribution is -2.34. The molecular formula is C21H21Cl2N5O. The number of hydrogen-bond donors (Lipinski definition) is 1. The van der Waals surface area contributed by atoms with Crippen LogP contribution in [0.5, 0.6) is 0 Å². The van der Waals surface area contributed by atoms with Crippen LogP contribution in [0.4, 0.5) is 5.82 Å². The summed E-state index contributed by atoms with van der Waals surface area (Å²) < 4.78 is 0. The highest BCUT2D eigenvalue weighted by atomic mass is 35.5. The molecule has 1 saturated carbocycles. The molecule has 1 amide bonds. The third-order valence-corrected chi connectivity index (χ3v) is 6.34. The molecule has 1 aromatic carbocycles. The Balaban J connectivity index is 1.69. The number of anilines is 1. The van der Waals surface area contributed by atoms with Crippen LogP contribution < -0.4 is 5.32 Å². The Kier molecular flexibility index (Phi) is 5.89. The van der Waals surface area contributed by atoms with Gasteiger partial charge in [-0.3, -0.25) is 4.79 Å².